The number of hydrogen-bond acceptors (Lipinski definition) is 2. The highest BCUT2D eigenvalue weighted by Crippen LogP contribution is 2.22. The SMILES string of the molecule is C=CSC(CCNC)=C(C)C. The van der Waals surface area contributed by atoms with Crippen molar-refractivity contribution in [2.75, 3.05) is 13.6 Å². The molecule has 11 heavy (non-hydrogen) atoms. The Morgan fingerprint density at radius 2 is 2.18 bits per heavy atom. The van der Waals surface area contributed by atoms with Gasteiger partial charge in [0.25, 0.3) is 0 Å². The Morgan fingerprint density at radius 3 is 2.55 bits per heavy atom. The summed E-state index contributed by atoms with van der Waals surface area (Å²) in [6.45, 7) is 9.02. The van der Waals surface area contributed by atoms with Crippen LogP contribution in [0.4, 0.5) is 0 Å². The van der Waals surface area contributed by atoms with Crippen molar-refractivity contribution < 1.29 is 0 Å². The van der Waals surface area contributed by atoms with E-state index in [2.05, 4.69) is 25.7 Å². The van der Waals surface area contributed by atoms with Crippen molar-refractivity contribution in [1.82, 2.24) is 5.32 Å². The van der Waals surface area contributed by atoms with Gasteiger partial charge in [0.05, 0.1) is 0 Å². The Balaban J connectivity index is 3.90. The van der Waals surface area contributed by atoms with Gasteiger partial charge in [-0.25, -0.2) is 0 Å². The summed E-state index contributed by atoms with van der Waals surface area (Å²) >= 11 is 1.73. The second-order valence-corrected chi connectivity index (χ2v) is 3.62. The molecule has 0 bridgehead atoms. The van der Waals surface area contributed by atoms with E-state index in [0.717, 1.165) is 13.0 Å². The molecule has 2 heteroatoms. The van der Waals surface area contributed by atoms with Crippen LogP contribution >= 0.6 is 11.8 Å². The minimum absolute atomic E-state index is 1.04. The molecule has 0 unspecified atom stereocenters. The highest BCUT2D eigenvalue weighted by atomic mass is 32.2. The molecule has 64 valence electrons. The molecule has 0 aliphatic rings. The van der Waals surface area contributed by atoms with Gasteiger partial charge in [0.1, 0.15) is 0 Å². The van der Waals surface area contributed by atoms with Crippen molar-refractivity contribution >= 4 is 11.8 Å². The number of allylic oxidation sites excluding steroid dienone is 1. The minimum Gasteiger partial charge on any atom is -0.319 e. The third-order valence-corrected chi connectivity index (χ3v) is 2.45. The molecule has 0 aliphatic heterocycles. The van der Waals surface area contributed by atoms with E-state index in [1.807, 2.05) is 12.5 Å². The zero-order valence-corrected chi connectivity index (χ0v) is 8.42. The molecule has 0 aromatic rings. The fourth-order valence-corrected chi connectivity index (χ4v) is 1.42. The summed E-state index contributed by atoms with van der Waals surface area (Å²) in [6.07, 6.45) is 1.11. The summed E-state index contributed by atoms with van der Waals surface area (Å²) in [5, 5.41) is 5.02. The first-order valence-corrected chi connectivity index (χ1v) is 4.68. The van der Waals surface area contributed by atoms with Crippen LogP contribution in [0, 0.1) is 0 Å². The van der Waals surface area contributed by atoms with E-state index in [0.29, 0.717) is 0 Å². The van der Waals surface area contributed by atoms with E-state index in [4.69, 9.17) is 0 Å². The summed E-state index contributed by atoms with van der Waals surface area (Å²) in [5.41, 5.74) is 1.39. The number of nitrogens with one attached hydrogen (secondary N) is 1. The number of rotatable bonds is 5. The Kier molecular flexibility index (Phi) is 6.37. The van der Waals surface area contributed by atoms with Gasteiger partial charge in [-0.3, -0.25) is 0 Å². The number of thioether (sulfide) groups is 1. The Bertz CT molecular complexity index is 146. The lowest BCUT2D eigenvalue weighted by molar-refractivity contribution is 0.799. The van der Waals surface area contributed by atoms with E-state index in [9.17, 15) is 0 Å². The molecular formula is C9H17NS. The van der Waals surface area contributed by atoms with Gasteiger partial charge >= 0.3 is 0 Å². The van der Waals surface area contributed by atoms with Crippen LogP contribution in [0.2, 0.25) is 0 Å². The lowest BCUT2D eigenvalue weighted by Crippen LogP contribution is -2.07. The van der Waals surface area contributed by atoms with E-state index in [1.54, 1.807) is 11.8 Å². The maximum absolute atomic E-state index is 3.70. The summed E-state index contributed by atoms with van der Waals surface area (Å²) in [5.74, 6) is 0. The molecule has 0 atom stereocenters. The summed E-state index contributed by atoms with van der Waals surface area (Å²) < 4.78 is 0. The first-order valence-electron chi connectivity index (χ1n) is 3.81. The Labute approximate surface area is 74.0 Å². The maximum Gasteiger partial charge on any atom is -0.000621 e. The zero-order chi connectivity index (χ0) is 8.69. The molecular weight excluding hydrogens is 154 g/mol. The van der Waals surface area contributed by atoms with E-state index in [-0.39, 0.29) is 0 Å². The van der Waals surface area contributed by atoms with Gasteiger partial charge < -0.3 is 5.32 Å². The molecule has 0 amide bonds. The predicted octanol–water partition coefficient (Wildman–Crippen LogP) is 2.77. The molecule has 1 N–H and O–H groups in total. The normalized spacial score (nSPS) is 9.36. The summed E-state index contributed by atoms with van der Waals surface area (Å²) in [6, 6.07) is 0. The van der Waals surface area contributed by atoms with Crippen molar-refractivity contribution in [3.8, 4) is 0 Å². The quantitative estimate of drug-likeness (QED) is 0.682. The van der Waals surface area contributed by atoms with Crippen LogP contribution in [0.1, 0.15) is 20.3 Å². The van der Waals surface area contributed by atoms with Crippen molar-refractivity contribution in [2.24, 2.45) is 0 Å². The molecule has 0 radical (unpaired) electrons. The van der Waals surface area contributed by atoms with E-state index in [1.165, 1.54) is 10.5 Å². The zero-order valence-electron chi connectivity index (χ0n) is 7.61. The standard InChI is InChI=1S/C9H17NS/c1-5-11-9(8(2)3)6-7-10-4/h5,10H,1,6-7H2,2-4H3. The van der Waals surface area contributed by atoms with Crippen molar-refractivity contribution in [2.45, 2.75) is 20.3 Å². The highest BCUT2D eigenvalue weighted by molar-refractivity contribution is 8.05. The van der Waals surface area contributed by atoms with Gasteiger partial charge in [-0.2, -0.15) is 0 Å². The molecule has 0 heterocycles. The lowest BCUT2D eigenvalue weighted by atomic mass is 10.2. The van der Waals surface area contributed by atoms with Gasteiger partial charge in [-0.15, -0.1) is 11.8 Å². The molecule has 0 fully saturated rings. The van der Waals surface area contributed by atoms with E-state index < -0.39 is 0 Å². The largest absolute Gasteiger partial charge is 0.319 e. The maximum atomic E-state index is 3.70. The second-order valence-electron chi connectivity index (χ2n) is 2.56. The molecule has 0 aromatic carbocycles. The molecule has 0 saturated carbocycles. The number of hydrogen-bond donors (Lipinski definition) is 1. The molecule has 0 spiro atoms. The molecule has 0 aromatic heterocycles. The lowest BCUT2D eigenvalue weighted by Gasteiger charge is -2.05. The molecule has 1 nitrogen and oxygen atoms in total. The Hall–Kier alpha value is -0.210. The second kappa shape index (κ2) is 6.50. The van der Waals surface area contributed by atoms with Crippen LogP contribution in [-0.2, 0) is 0 Å². The van der Waals surface area contributed by atoms with Crippen LogP contribution < -0.4 is 5.32 Å². The van der Waals surface area contributed by atoms with Crippen LogP contribution in [0.25, 0.3) is 0 Å². The minimum atomic E-state index is 1.04. The van der Waals surface area contributed by atoms with Crippen LogP contribution in [0.5, 0.6) is 0 Å². The predicted molar refractivity (Wildman–Crippen MR) is 54.7 cm³/mol. The smallest absolute Gasteiger partial charge is 0.000621 e. The molecule has 0 aliphatic carbocycles. The first-order chi connectivity index (χ1) is 5.22. The first kappa shape index (κ1) is 10.8. The van der Waals surface area contributed by atoms with Crippen molar-refractivity contribution in [1.29, 1.82) is 0 Å². The third kappa shape index (κ3) is 5.10. The summed E-state index contributed by atoms with van der Waals surface area (Å²) in [7, 11) is 1.97. The third-order valence-electron chi connectivity index (χ3n) is 1.39. The monoisotopic (exact) mass is 171 g/mol. The topological polar surface area (TPSA) is 12.0 Å². The fourth-order valence-electron chi connectivity index (χ4n) is 0.766. The fraction of sp³-hybridized carbons (Fsp3) is 0.556. The van der Waals surface area contributed by atoms with Crippen LogP contribution in [0.15, 0.2) is 22.5 Å². The van der Waals surface area contributed by atoms with Gasteiger partial charge in [0, 0.05) is 0 Å². The molecule has 0 rings (SSSR count). The average Bonchev–Trinajstić information content (AvgIpc) is 1.97. The van der Waals surface area contributed by atoms with Gasteiger partial charge in [-0.1, -0.05) is 12.2 Å². The molecule has 0 saturated heterocycles. The van der Waals surface area contributed by atoms with Gasteiger partial charge in [-0.05, 0) is 44.2 Å². The highest BCUT2D eigenvalue weighted by Gasteiger charge is 1.96. The van der Waals surface area contributed by atoms with Crippen LogP contribution in [0.3, 0.4) is 0 Å². The Morgan fingerprint density at radius 1 is 1.55 bits per heavy atom. The van der Waals surface area contributed by atoms with Crippen molar-refractivity contribution in [3.63, 3.8) is 0 Å². The van der Waals surface area contributed by atoms with E-state index >= 15 is 0 Å². The average molecular weight is 171 g/mol. The van der Waals surface area contributed by atoms with Crippen LogP contribution in [-0.4, -0.2) is 13.6 Å². The van der Waals surface area contributed by atoms with Gasteiger partial charge in [0.2, 0.25) is 0 Å². The van der Waals surface area contributed by atoms with Crippen molar-refractivity contribution in [3.05, 3.63) is 22.5 Å². The summed E-state index contributed by atoms with van der Waals surface area (Å²) in [4.78, 5) is 1.43. The van der Waals surface area contributed by atoms with Gasteiger partial charge in [0.15, 0.2) is 0 Å².